The zero-order chi connectivity index (χ0) is 21.3. The topological polar surface area (TPSA) is 110 Å². The minimum atomic E-state index is -0.822. The molecule has 1 aromatic rings. The predicted octanol–water partition coefficient (Wildman–Crippen LogP) is 1.28. The highest BCUT2D eigenvalue weighted by Crippen LogP contribution is 2.28. The van der Waals surface area contributed by atoms with E-state index in [9.17, 15) is 19.2 Å². The Bertz CT molecular complexity index is 847. The van der Waals surface area contributed by atoms with Gasteiger partial charge in [0, 0.05) is 56.4 Å². The maximum absolute atomic E-state index is 12.7. The zero-order valence-electron chi connectivity index (χ0n) is 16.7. The van der Waals surface area contributed by atoms with Gasteiger partial charge in [0.25, 0.3) is 0 Å². The molecule has 3 fully saturated rings. The molecule has 0 bridgehead atoms. The van der Waals surface area contributed by atoms with Gasteiger partial charge in [0.15, 0.2) is 0 Å². The second kappa shape index (κ2) is 8.33. The first kappa shape index (κ1) is 20.2. The number of nitrogens with zero attached hydrogens (tertiary/aromatic N) is 3. The van der Waals surface area contributed by atoms with E-state index in [4.69, 9.17) is 5.11 Å². The van der Waals surface area contributed by atoms with E-state index in [1.165, 1.54) is 0 Å². The number of carboxylic acid groups (broad SMARTS) is 1. The lowest BCUT2D eigenvalue weighted by Crippen LogP contribution is -2.49. The Labute approximate surface area is 174 Å². The van der Waals surface area contributed by atoms with Crippen molar-refractivity contribution < 1.29 is 24.3 Å². The van der Waals surface area contributed by atoms with Crippen LogP contribution in [0, 0.1) is 11.8 Å². The third-order valence-corrected chi connectivity index (χ3v) is 6.27. The van der Waals surface area contributed by atoms with Gasteiger partial charge in [-0.05, 0) is 43.5 Å². The molecule has 4 rings (SSSR count). The number of anilines is 2. The number of rotatable bonds is 4. The minimum Gasteiger partial charge on any atom is -0.481 e. The first-order chi connectivity index (χ1) is 14.4. The summed E-state index contributed by atoms with van der Waals surface area (Å²) in [6.07, 6.45) is 2.31. The van der Waals surface area contributed by atoms with Gasteiger partial charge in [-0.15, -0.1) is 0 Å². The van der Waals surface area contributed by atoms with Crippen LogP contribution < -0.4 is 15.1 Å². The number of urea groups is 1. The molecule has 30 heavy (non-hydrogen) atoms. The van der Waals surface area contributed by atoms with Crippen LogP contribution in [0.5, 0.6) is 0 Å². The average molecular weight is 414 g/mol. The second-order valence-electron chi connectivity index (χ2n) is 8.14. The summed E-state index contributed by atoms with van der Waals surface area (Å²) >= 11 is 0. The van der Waals surface area contributed by atoms with Gasteiger partial charge in [0.2, 0.25) is 11.8 Å². The monoisotopic (exact) mass is 414 g/mol. The SMILES string of the molecule is O=C1CCN(c2ccc(N3CCC(C(=O)N4CCC(C(=O)O)C4)CC3)cc2)C(=O)N1. The number of carbonyl (C=O) groups excluding carboxylic acids is 3. The molecule has 3 aliphatic rings. The Kier molecular flexibility index (Phi) is 5.61. The van der Waals surface area contributed by atoms with Crippen LogP contribution in [0.15, 0.2) is 24.3 Å². The maximum Gasteiger partial charge on any atom is 0.328 e. The Balaban J connectivity index is 1.31. The lowest BCUT2D eigenvalue weighted by Gasteiger charge is -2.35. The maximum atomic E-state index is 12.7. The van der Waals surface area contributed by atoms with Crippen LogP contribution in [0.3, 0.4) is 0 Å². The van der Waals surface area contributed by atoms with Crippen LogP contribution in [0.1, 0.15) is 25.7 Å². The van der Waals surface area contributed by atoms with Crippen LogP contribution in [0.4, 0.5) is 16.2 Å². The second-order valence-corrected chi connectivity index (χ2v) is 8.14. The van der Waals surface area contributed by atoms with E-state index < -0.39 is 17.9 Å². The van der Waals surface area contributed by atoms with Gasteiger partial charge in [-0.3, -0.25) is 24.6 Å². The molecule has 0 radical (unpaired) electrons. The number of amides is 4. The standard InChI is InChI=1S/C21H26N4O5/c26-18-8-12-25(21(30)22-18)17-3-1-16(2-4-17)23-9-5-14(6-10-23)19(27)24-11-7-15(13-24)20(28)29/h1-4,14-15H,5-13H2,(H,28,29)(H,22,26,30). The van der Waals surface area contributed by atoms with E-state index in [-0.39, 0.29) is 17.7 Å². The molecule has 9 heteroatoms. The van der Waals surface area contributed by atoms with E-state index in [0.717, 1.165) is 37.3 Å². The summed E-state index contributed by atoms with van der Waals surface area (Å²) in [5.74, 6) is -1.48. The third kappa shape index (κ3) is 4.10. The highest BCUT2D eigenvalue weighted by Gasteiger charge is 2.35. The summed E-state index contributed by atoms with van der Waals surface area (Å²) in [6.45, 7) is 2.74. The molecular formula is C21H26N4O5. The number of carbonyl (C=O) groups is 4. The highest BCUT2D eigenvalue weighted by molar-refractivity contribution is 6.05. The van der Waals surface area contributed by atoms with Crippen LogP contribution in [0.2, 0.25) is 0 Å². The van der Waals surface area contributed by atoms with Gasteiger partial charge >= 0.3 is 12.0 Å². The molecule has 1 unspecified atom stereocenters. The molecule has 4 amide bonds. The van der Waals surface area contributed by atoms with Gasteiger partial charge in [-0.25, -0.2) is 4.79 Å². The van der Waals surface area contributed by atoms with Crippen molar-refractivity contribution in [3.63, 3.8) is 0 Å². The van der Waals surface area contributed by atoms with E-state index in [0.29, 0.717) is 32.5 Å². The summed E-state index contributed by atoms with van der Waals surface area (Å²) in [6, 6.07) is 7.26. The molecule has 1 aromatic carbocycles. The van der Waals surface area contributed by atoms with Gasteiger partial charge in [0.1, 0.15) is 0 Å². The van der Waals surface area contributed by atoms with Crippen molar-refractivity contribution >= 4 is 35.2 Å². The number of hydrogen-bond acceptors (Lipinski definition) is 5. The summed E-state index contributed by atoms with van der Waals surface area (Å²) in [5, 5.41) is 11.5. The molecule has 0 aromatic heterocycles. The molecule has 3 saturated heterocycles. The van der Waals surface area contributed by atoms with Crippen LogP contribution >= 0.6 is 0 Å². The molecule has 0 saturated carbocycles. The fraction of sp³-hybridized carbons (Fsp3) is 0.524. The molecule has 9 nitrogen and oxygen atoms in total. The zero-order valence-corrected chi connectivity index (χ0v) is 16.7. The van der Waals surface area contributed by atoms with Gasteiger partial charge < -0.3 is 14.9 Å². The molecular weight excluding hydrogens is 388 g/mol. The van der Waals surface area contributed by atoms with E-state index >= 15 is 0 Å². The fourth-order valence-electron chi connectivity index (χ4n) is 4.46. The fourth-order valence-corrected chi connectivity index (χ4v) is 4.46. The quantitative estimate of drug-likeness (QED) is 0.768. The molecule has 2 N–H and O–H groups in total. The van der Waals surface area contributed by atoms with Crippen LogP contribution in [-0.4, -0.2) is 66.5 Å². The van der Waals surface area contributed by atoms with Gasteiger partial charge in [-0.2, -0.15) is 0 Å². The molecule has 0 aliphatic carbocycles. The van der Waals surface area contributed by atoms with Crippen molar-refractivity contribution in [1.29, 1.82) is 0 Å². The van der Waals surface area contributed by atoms with Crippen molar-refractivity contribution in [3.05, 3.63) is 24.3 Å². The summed E-state index contributed by atoms with van der Waals surface area (Å²) in [5.41, 5.74) is 1.78. The van der Waals surface area contributed by atoms with Crippen LogP contribution in [0.25, 0.3) is 0 Å². The highest BCUT2D eigenvalue weighted by atomic mass is 16.4. The van der Waals surface area contributed by atoms with Crippen molar-refractivity contribution in [3.8, 4) is 0 Å². The lowest BCUT2D eigenvalue weighted by atomic mass is 9.95. The summed E-state index contributed by atoms with van der Waals surface area (Å²) in [7, 11) is 0. The largest absolute Gasteiger partial charge is 0.481 e. The Morgan fingerprint density at radius 2 is 1.53 bits per heavy atom. The van der Waals surface area contributed by atoms with Crippen LogP contribution in [-0.2, 0) is 14.4 Å². The Morgan fingerprint density at radius 1 is 0.900 bits per heavy atom. The minimum absolute atomic E-state index is 0.0531. The number of aliphatic carboxylic acids is 1. The predicted molar refractivity (Wildman–Crippen MR) is 109 cm³/mol. The molecule has 3 aliphatic heterocycles. The number of imide groups is 1. The Hall–Kier alpha value is -3.10. The van der Waals surface area contributed by atoms with E-state index in [2.05, 4.69) is 10.2 Å². The van der Waals surface area contributed by atoms with Crippen molar-refractivity contribution in [1.82, 2.24) is 10.2 Å². The van der Waals surface area contributed by atoms with E-state index in [1.54, 1.807) is 9.80 Å². The first-order valence-electron chi connectivity index (χ1n) is 10.4. The molecule has 1 atom stereocenters. The number of benzene rings is 1. The van der Waals surface area contributed by atoms with Gasteiger partial charge in [-0.1, -0.05) is 0 Å². The third-order valence-electron chi connectivity index (χ3n) is 6.27. The number of hydrogen-bond donors (Lipinski definition) is 2. The number of carboxylic acids is 1. The van der Waals surface area contributed by atoms with Gasteiger partial charge in [0.05, 0.1) is 5.92 Å². The molecule has 160 valence electrons. The van der Waals surface area contributed by atoms with Crippen molar-refractivity contribution in [2.45, 2.75) is 25.7 Å². The summed E-state index contributed by atoms with van der Waals surface area (Å²) in [4.78, 5) is 52.6. The van der Waals surface area contributed by atoms with E-state index in [1.807, 2.05) is 24.3 Å². The first-order valence-corrected chi connectivity index (χ1v) is 10.4. The molecule has 0 spiro atoms. The smallest absolute Gasteiger partial charge is 0.328 e. The van der Waals surface area contributed by atoms with Crippen molar-refractivity contribution in [2.24, 2.45) is 11.8 Å². The molecule has 3 heterocycles. The number of likely N-dealkylation sites (tertiary alicyclic amines) is 1. The number of piperidine rings is 1. The lowest BCUT2D eigenvalue weighted by molar-refractivity contribution is -0.141. The average Bonchev–Trinajstić information content (AvgIpc) is 3.24. The van der Waals surface area contributed by atoms with Crippen molar-refractivity contribution in [2.75, 3.05) is 42.5 Å². The number of nitrogens with one attached hydrogen (secondary N) is 1. The Morgan fingerprint density at radius 3 is 2.13 bits per heavy atom. The summed E-state index contributed by atoms with van der Waals surface area (Å²) < 4.78 is 0. The normalized spacial score (nSPS) is 22.9.